The molecule has 0 radical (unpaired) electrons. The van der Waals surface area contributed by atoms with Gasteiger partial charge in [0.15, 0.2) is 0 Å². The summed E-state index contributed by atoms with van der Waals surface area (Å²) in [6, 6.07) is 1.76. The smallest absolute Gasteiger partial charge is 0.417 e. The van der Waals surface area contributed by atoms with Gasteiger partial charge in [0.1, 0.15) is 0 Å². The maximum atomic E-state index is 13.1. The molecule has 0 unspecified atom stereocenters. The second kappa shape index (κ2) is 9.10. The van der Waals surface area contributed by atoms with Gasteiger partial charge in [0.05, 0.1) is 23.3 Å². The van der Waals surface area contributed by atoms with Gasteiger partial charge in [-0.3, -0.25) is 0 Å². The molecule has 0 aliphatic rings. The van der Waals surface area contributed by atoms with Crippen molar-refractivity contribution in [2.45, 2.75) is 57.8 Å². The molecular formula is C17H20F6O2. The van der Waals surface area contributed by atoms with Gasteiger partial charge in [-0.05, 0) is 18.6 Å². The van der Waals surface area contributed by atoms with Crippen molar-refractivity contribution in [3.05, 3.63) is 34.9 Å². The Morgan fingerprint density at radius 2 is 1.52 bits per heavy atom. The van der Waals surface area contributed by atoms with E-state index >= 15 is 0 Å². The summed E-state index contributed by atoms with van der Waals surface area (Å²) in [6.45, 7) is 1.92. The highest BCUT2D eigenvalue weighted by atomic mass is 19.4. The molecule has 1 aromatic carbocycles. The molecule has 0 aromatic heterocycles. The highest BCUT2D eigenvalue weighted by Crippen LogP contribution is 2.42. The van der Waals surface area contributed by atoms with Crippen LogP contribution in [0.25, 0.3) is 0 Å². The lowest BCUT2D eigenvalue weighted by molar-refractivity contribution is -0.162. The lowest BCUT2D eigenvalue weighted by atomic mass is 10.00. The van der Waals surface area contributed by atoms with Gasteiger partial charge in [0.25, 0.3) is 0 Å². The van der Waals surface area contributed by atoms with Crippen molar-refractivity contribution in [3.63, 3.8) is 0 Å². The number of alkyl halides is 6. The Balaban J connectivity index is 2.82. The number of hydrogen-bond acceptors (Lipinski definition) is 2. The fourth-order valence-electron chi connectivity index (χ4n) is 2.39. The molecule has 0 aliphatic carbocycles. The van der Waals surface area contributed by atoms with Crippen LogP contribution in [-0.2, 0) is 17.1 Å². The van der Waals surface area contributed by atoms with Crippen molar-refractivity contribution in [3.8, 4) is 0 Å². The Kier molecular flexibility index (Phi) is 7.76. The SMILES string of the molecule is CCCCCCCCOC(=O)c1cccc(C(F)(F)F)c1C(F)(F)F. The number of halogens is 6. The zero-order chi connectivity index (χ0) is 19.1. The predicted octanol–water partition coefficient (Wildman–Crippen LogP) is 6.24. The number of hydrogen-bond donors (Lipinski definition) is 0. The molecule has 2 nitrogen and oxygen atoms in total. The van der Waals surface area contributed by atoms with E-state index in [1.54, 1.807) is 0 Å². The van der Waals surface area contributed by atoms with Crippen LogP contribution in [0.2, 0.25) is 0 Å². The second-order valence-electron chi connectivity index (χ2n) is 5.63. The summed E-state index contributed by atoms with van der Waals surface area (Å²) in [5.74, 6) is -1.40. The Bertz CT molecular complexity index is 563. The topological polar surface area (TPSA) is 26.3 Å². The van der Waals surface area contributed by atoms with Crippen LogP contribution in [0.15, 0.2) is 18.2 Å². The molecule has 0 bridgehead atoms. The highest BCUT2D eigenvalue weighted by Gasteiger charge is 2.46. The van der Waals surface area contributed by atoms with Crippen LogP contribution in [0.5, 0.6) is 0 Å². The van der Waals surface area contributed by atoms with Gasteiger partial charge in [-0.15, -0.1) is 0 Å². The molecule has 0 aliphatic heterocycles. The summed E-state index contributed by atoms with van der Waals surface area (Å²) in [4.78, 5) is 11.8. The van der Waals surface area contributed by atoms with E-state index in [4.69, 9.17) is 4.74 Å². The molecule has 0 spiro atoms. The molecule has 1 rings (SSSR count). The summed E-state index contributed by atoms with van der Waals surface area (Å²) in [5.41, 5.74) is -5.02. The molecule has 142 valence electrons. The third-order valence-electron chi connectivity index (χ3n) is 3.60. The molecule has 0 N–H and O–H groups in total. The van der Waals surface area contributed by atoms with Crippen molar-refractivity contribution < 1.29 is 35.9 Å². The summed E-state index contributed by atoms with van der Waals surface area (Å²) < 4.78 is 82.4. The summed E-state index contributed by atoms with van der Waals surface area (Å²) in [7, 11) is 0. The lowest BCUT2D eigenvalue weighted by Gasteiger charge is -2.18. The normalized spacial score (nSPS) is 12.3. The zero-order valence-corrected chi connectivity index (χ0v) is 13.8. The molecule has 0 saturated heterocycles. The van der Waals surface area contributed by atoms with E-state index in [2.05, 4.69) is 6.92 Å². The fourth-order valence-corrected chi connectivity index (χ4v) is 2.39. The van der Waals surface area contributed by atoms with E-state index in [0.29, 0.717) is 18.6 Å². The minimum atomic E-state index is -5.32. The highest BCUT2D eigenvalue weighted by molar-refractivity contribution is 5.91. The number of benzene rings is 1. The molecule has 0 heterocycles. The molecule has 0 amide bonds. The van der Waals surface area contributed by atoms with Gasteiger partial charge in [-0.2, -0.15) is 26.3 Å². The molecular weight excluding hydrogens is 350 g/mol. The Labute approximate surface area is 142 Å². The van der Waals surface area contributed by atoms with Crippen LogP contribution in [-0.4, -0.2) is 12.6 Å². The van der Waals surface area contributed by atoms with Gasteiger partial charge >= 0.3 is 18.3 Å². The van der Waals surface area contributed by atoms with Crippen molar-refractivity contribution in [2.75, 3.05) is 6.61 Å². The number of esters is 1. The van der Waals surface area contributed by atoms with Crippen molar-refractivity contribution >= 4 is 5.97 Å². The number of ether oxygens (including phenoxy) is 1. The van der Waals surface area contributed by atoms with Gasteiger partial charge in [0.2, 0.25) is 0 Å². The Hall–Kier alpha value is -1.73. The van der Waals surface area contributed by atoms with Crippen LogP contribution >= 0.6 is 0 Å². The van der Waals surface area contributed by atoms with Crippen LogP contribution < -0.4 is 0 Å². The van der Waals surface area contributed by atoms with E-state index in [-0.39, 0.29) is 6.61 Å². The first-order chi connectivity index (χ1) is 11.6. The van der Waals surface area contributed by atoms with Crippen LogP contribution in [0.4, 0.5) is 26.3 Å². The third-order valence-corrected chi connectivity index (χ3v) is 3.60. The molecule has 0 fully saturated rings. The Morgan fingerprint density at radius 1 is 0.920 bits per heavy atom. The quantitative estimate of drug-likeness (QED) is 0.307. The van der Waals surface area contributed by atoms with Crippen LogP contribution in [0.1, 0.15) is 66.9 Å². The van der Waals surface area contributed by atoms with E-state index in [1.807, 2.05) is 0 Å². The average molecular weight is 370 g/mol. The van der Waals surface area contributed by atoms with Gasteiger partial charge in [-0.1, -0.05) is 45.1 Å². The first kappa shape index (κ1) is 21.3. The lowest BCUT2D eigenvalue weighted by Crippen LogP contribution is -2.22. The van der Waals surface area contributed by atoms with Gasteiger partial charge in [-0.25, -0.2) is 4.79 Å². The maximum Gasteiger partial charge on any atom is 0.417 e. The molecule has 8 heteroatoms. The fraction of sp³-hybridized carbons (Fsp3) is 0.588. The van der Waals surface area contributed by atoms with Crippen molar-refractivity contribution in [1.29, 1.82) is 0 Å². The first-order valence-corrected chi connectivity index (χ1v) is 8.03. The van der Waals surface area contributed by atoms with Crippen molar-refractivity contribution in [1.82, 2.24) is 0 Å². The summed E-state index contributed by atoms with van der Waals surface area (Å²) >= 11 is 0. The van der Waals surface area contributed by atoms with Gasteiger partial charge < -0.3 is 4.74 Å². The second-order valence-corrected chi connectivity index (χ2v) is 5.63. The van der Waals surface area contributed by atoms with E-state index < -0.39 is 35.0 Å². The van der Waals surface area contributed by atoms with Gasteiger partial charge in [0, 0.05) is 0 Å². The Morgan fingerprint density at radius 3 is 2.08 bits per heavy atom. The summed E-state index contributed by atoms with van der Waals surface area (Å²) in [6.07, 6.45) is -5.30. The minimum absolute atomic E-state index is 0.126. The average Bonchev–Trinajstić information content (AvgIpc) is 2.51. The van der Waals surface area contributed by atoms with Crippen LogP contribution in [0, 0.1) is 0 Å². The molecule has 0 atom stereocenters. The largest absolute Gasteiger partial charge is 0.462 e. The molecule has 0 saturated carbocycles. The zero-order valence-electron chi connectivity index (χ0n) is 13.8. The van der Waals surface area contributed by atoms with Crippen LogP contribution in [0.3, 0.4) is 0 Å². The predicted molar refractivity (Wildman–Crippen MR) is 80.1 cm³/mol. The van der Waals surface area contributed by atoms with E-state index in [9.17, 15) is 31.1 Å². The standard InChI is InChI=1S/C17H20F6O2/c1-2-3-4-5-6-7-11-25-15(24)12-9-8-10-13(16(18,19)20)14(12)17(21,22)23/h8-10H,2-7,11H2,1H3. The number of carbonyl (C=O) groups excluding carboxylic acids is 1. The van der Waals surface area contributed by atoms with E-state index in [0.717, 1.165) is 38.2 Å². The number of rotatable bonds is 8. The minimum Gasteiger partial charge on any atom is -0.462 e. The monoisotopic (exact) mass is 370 g/mol. The third kappa shape index (κ3) is 6.59. The van der Waals surface area contributed by atoms with Crippen molar-refractivity contribution in [2.24, 2.45) is 0 Å². The molecule has 1 aromatic rings. The number of unbranched alkanes of at least 4 members (excludes halogenated alkanes) is 5. The first-order valence-electron chi connectivity index (χ1n) is 8.03. The molecule has 25 heavy (non-hydrogen) atoms. The summed E-state index contributed by atoms with van der Waals surface area (Å²) in [5, 5.41) is 0. The van der Waals surface area contributed by atoms with E-state index in [1.165, 1.54) is 0 Å². The number of carbonyl (C=O) groups is 1. The maximum absolute atomic E-state index is 13.1.